The molecule has 1 saturated heterocycles. The van der Waals surface area contributed by atoms with Gasteiger partial charge in [0.15, 0.2) is 0 Å². The van der Waals surface area contributed by atoms with Gasteiger partial charge in [-0.2, -0.15) is 4.98 Å². The Labute approximate surface area is 165 Å². The number of aromatic nitrogens is 2. The normalized spacial score (nSPS) is 17.0. The quantitative estimate of drug-likeness (QED) is 0.831. The first-order valence-corrected chi connectivity index (χ1v) is 10.0. The van der Waals surface area contributed by atoms with Crippen molar-refractivity contribution in [3.05, 3.63) is 57.8 Å². The largest absolute Gasteiger partial charge is 0.493 e. The predicted molar refractivity (Wildman–Crippen MR) is 109 cm³/mol. The first kappa shape index (κ1) is 20.1. The highest BCUT2D eigenvalue weighted by molar-refractivity contribution is 5.92. The van der Waals surface area contributed by atoms with Crippen LogP contribution in [0.15, 0.2) is 35.1 Å². The fourth-order valence-corrected chi connectivity index (χ4v) is 3.64. The lowest BCUT2D eigenvalue weighted by molar-refractivity contribution is 0.0626. The first-order chi connectivity index (χ1) is 13.4. The predicted octanol–water partition coefficient (Wildman–Crippen LogP) is 3.21. The van der Waals surface area contributed by atoms with Crippen LogP contribution in [0.25, 0.3) is 0 Å². The molecule has 1 aromatic heterocycles. The number of hydrogen-bond acceptors (Lipinski definition) is 4. The molecule has 150 valence electrons. The van der Waals surface area contributed by atoms with Crippen LogP contribution in [-0.2, 0) is 6.42 Å². The minimum Gasteiger partial charge on any atom is -0.493 e. The van der Waals surface area contributed by atoms with Gasteiger partial charge in [-0.3, -0.25) is 4.79 Å². The smallest absolute Gasteiger partial charge is 0.345 e. The van der Waals surface area contributed by atoms with E-state index in [0.717, 1.165) is 29.8 Å². The molecule has 0 aliphatic carbocycles. The molecular weight excluding hydrogens is 354 g/mol. The zero-order valence-electron chi connectivity index (χ0n) is 16.9. The zero-order chi connectivity index (χ0) is 20.1. The summed E-state index contributed by atoms with van der Waals surface area (Å²) in [6.07, 6.45) is 2.66. The minimum absolute atomic E-state index is 0.170. The highest BCUT2D eigenvalue weighted by Gasteiger charge is 2.26. The highest BCUT2D eigenvalue weighted by Crippen LogP contribution is 2.22. The van der Waals surface area contributed by atoms with Gasteiger partial charge >= 0.3 is 5.69 Å². The topological polar surface area (TPSA) is 75.3 Å². The van der Waals surface area contributed by atoms with E-state index < -0.39 is 5.69 Å². The number of H-pyrrole nitrogens is 1. The van der Waals surface area contributed by atoms with Gasteiger partial charge in [-0.15, -0.1) is 0 Å². The number of rotatable bonds is 6. The highest BCUT2D eigenvalue weighted by atomic mass is 16.5. The lowest BCUT2D eigenvalue weighted by Gasteiger charge is -2.32. The molecule has 1 aromatic carbocycles. The maximum Gasteiger partial charge on any atom is 0.345 e. The molecule has 6 heteroatoms. The summed E-state index contributed by atoms with van der Waals surface area (Å²) in [6.45, 7) is 8.07. The van der Waals surface area contributed by atoms with Crippen molar-refractivity contribution in [1.82, 2.24) is 14.9 Å². The molecule has 6 nitrogen and oxygen atoms in total. The van der Waals surface area contributed by atoms with Crippen LogP contribution in [-0.4, -0.2) is 40.5 Å². The number of likely N-dealkylation sites (tertiary alicyclic amines) is 1. The van der Waals surface area contributed by atoms with E-state index in [1.807, 2.05) is 31.2 Å². The van der Waals surface area contributed by atoms with Crippen LogP contribution >= 0.6 is 0 Å². The van der Waals surface area contributed by atoms with Crippen molar-refractivity contribution in [3.63, 3.8) is 0 Å². The van der Waals surface area contributed by atoms with E-state index in [1.165, 1.54) is 0 Å². The monoisotopic (exact) mass is 383 g/mol. The van der Waals surface area contributed by atoms with Crippen LogP contribution in [0.2, 0.25) is 0 Å². The third-order valence-electron chi connectivity index (χ3n) is 5.02. The Bertz CT molecular complexity index is 875. The number of ether oxygens (including phenoxy) is 1. The number of piperidine rings is 1. The summed E-state index contributed by atoms with van der Waals surface area (Å²) in [7, 11) is 0. The number of aryl methyl sites for hydroxylation is 1. The summed E-state index contributed by atoms with van der Waals surface area (Å²) in [5.41, 5.74) is 1.64. The van der Waals surface area contributed by atoms with Crippen LogP contribution in [0.4, 0.5) is 0 Å². The van der Waals surface area contributed by atoms with E-state index in [4.69, 9.17) is 4.74 Å². The average molecular weight is 383 g/mol. The Hall–Kier alpha value is -2.63. The molecular formula is C22H29N3O3. The average Bonchev–Trinajstić information content (AvgIpc) is 2.66. The SMILES string of the molecule is Cc1ccccc1OCC1CCCN(C(=O)c2cc(CC(C)C)[nH]c(=O)n2)C1. The lowest BCUT2D eigenvalue weighted by atomic mass is 9.98. The number of carbonyl (C=O) groups is 1. The van der Waals surface area contributed by atoms with Crippen molar-refractivity contribution in [2.75, 3.05) is 19.7 Å². The van der Waals surface area contributed by atoms with Gasteiger partial charge in [-0.25, -0.2) is 4.79 Å². The number of aromatic amines is 1. The van der Waals surface area contributed by atoms with Gasteiger partial charge in [0.1, 0.15) is 11.4 Å². The van der Waals surface area contributed by atoms with E-state index in [0.29, 0.717) is 32.0 Å². The summed E-state index contributed by atoms with van der Waals surface area (Å²) in [5.74, 6) is 1.38. The van der Waals surface area contributed by atoms with E-state index in [-0.39, 0.29) is 17.5 Å². The minimum atomic E-state index is -0.460. The van der Waals surface area contributed by atoms with Gasteiger partial charge in [0.25, 0.3) is 5.91 Å². The molecule has 28 heavy (non-hydrogen) atoms. The maximum atomic E-state index is 12.9. The number of nitrogens with zero attached hydrogens (tertiary/aromatic N) is 2. The van der Waals surface area contributed by atoms with E-state index in [2.05, 4.69) is 23.8 Å². The van der Waals surface area contributed by atoms with Crippen molar-refractivity contribution in [2.24, 2.45) is 11.8 Å². The molecule has 1 fully saturated rings. The molecule has 0 spiro atoms. The Morgan fingerprint density at radius 3 is 2.89 bits per heavy atom. The molecule has 1 amide bonds. The standard InChI is InChI=1S/C22H29N3O3/c1-15(2)11-18-12-19(24-22(27)23-18)21(26)25-10-6-8-17(13-25)14-28-20-9-5-4-7-16(20)3/h4-5,7,9,12,15,17H,6,8,10-11,13-14H2,1-3H3,(H,23,24,27). The van der Waals surface area contributed by atoms with Crippen LogP contribution in [0.5, 0.6) is 5.75 Å². The van der Waals surface area contributed by atoms with Crippen molar-refractivity contribution >= 4 is 5.91 Å². The summed E-state index contributed by atoms with van der Waals surface area (Å²) >= 11 is 0. The number of para-hydroxylation sites is 1. The van der Waals surface area contributed by atoms with E-state index >= 15 is 0 Å². The Morgan fingerprint density at radius 2 is 2.14 bits per heavy atom. The van der Waals surface area contributed by atoms with Crippen molar-refractivity contribution in [1.29, 1.82) is 0 Å². The lowest BCUT2D eigenvalue weighted by Crippen LogP contribution is -2.42. The maximum absolute atomic E-state index is 12.9. The third kappa shape index (κ3) is 5.21. The molecule has 2 aromatic rings. The number of amides is 1. The van der Waals surface area contributed by atoms with E-state index in [9.17, 15) is 9.59 Å². The molecule has 1 aliphatic rings. The number of hydrogen-bond donors (Lipinski definition) is 1. The summed E-state index contributed by atoms with van der Waals surface area (Å²) < 4.78 is 5.98. The van der Waals surface area contributed by atoms with Crippen LogP contribution in [0, 0.1) is 18.8 Å². The molecule has 1 N–H and O–H groups in total. The molecule has 1 atom stereocenters. The Kier molecular flexibility index (Phi) is 6.49. The molecule has 0 radical (unpaired) electrons. The van der Waals surface area contributed by atoms with Gasteiger partial charge in [0.2, 0.25) is 0 Å². The Balaban J connectivity index is 1.65. The van der Waals surface area contributed by atoms with Crippen molar-refractivity contribution in [2.45, 2.75) is 40.0 Å². The van der Waals surface area contributed by atoms with Gasteiger partial charge in [0, 0.05) is 24.7 Å². The van der Waals surface area contributed by atoms with Gasteiger partial charge < -0.3 is 14.6 Å². The second-order valence-corrected chi connectivity index (χ2v) is 8.03. The summed E-state index contributed by atoms with van der Waals surface area (Å²) in [4.78, 5) is 33.3. The van der Waals surface area contributed by atoms with Crippen molar-refractivity contribution in [3.8, 4) is 5.75 Å². The molecule has 3 rings (SSSR count). The van der Waals surface area contributed by atoms with E-state index in [1.54, 1.807) is 11.0 Å². The fraction of sp³-hybridized carbons (Fsp3) is 0.500. The van der Waals surface area contributed by atoms with Gasteiger partial charge in [-0.05, 0) is 49.8 Å². The second kappa shape index (κ2) is 9.04. The van der Waals surface area contributed by atoms with Gasteiger partial charge in [-0.1, -0.05) is 32.0 Å². The second-order valence-electron chi connectivity index (χ2n) is 8.03. The molecule has 0 saturated carbocycles. The van der Waals surface area contributed by atoms with Crippen LogP contribution in [0.1, 0.15) is 48.4 Å². The number of benzene rings is 1. The molecule has 1 aliphatic heterocycles. The Morgan fingerprint density at radius 1 is 1.36 bits per heavy atom. The molecule has 0 bridgehead atoms. The van der Waals surface area contributed by atoms with Crippen LogP contribution < -0.4 is 10.4 Å². The zero-order valence-corrected chi connectivity index (χ0v) is 16.9. The third-order valence-corrected chi connectivity index (χ3v) is 5.02. The number of carbonyl (C=O) groups excluding carboxylic acids is 1. The first-order valence-electron chi connectivity index (χ1n) is 10.0. The van der Waals surface area contributed by atoms with Gasteiger partial charge in [0.05, 0.1) is 6.61 Å². The fourth-order valence-electron chi connectivity index (χ4n) is 3.64. The van der Waals surface area contributed by atoms with Crippen LogP contribution in [0.3, 0.4) is 0 Å². The van der Waals surface area contributed by atoms with Crippen molar-refractivity contribution < 1.29 is 9.53 Å². The summed E-state index contributed by atoms with van der Waals surface area (Å²) in [5, 5.41) is 0. The summed E-state index contributed by atoms with van der Waals surface area (Å²) in [6, 6.07) is 9.67. The molecule has 2 heterocycles. The molecule has 1 unspecified atom stereocenters. The number of nitrogens with one attached hydrogen (secondary N) is 1.